The minimum absolute atomic E-state index is 0.199. The molecule has 0 rings (SSSR count). The number of hydrogen-bond acceptors (Lipinski definition) is 3. The molecular formula is C5H12O3. The molecule has 0 aromatic heterocycles. The van der Waals surface area contributed by atoms with Gasteiger partial charge in [-0.3, -0.25) is 0 Å². The molecule has 0 atom stereocenters. The van der Waals surface area contributed by atoms with Crippen molar-refractivity contribution in [2.75, 3.05) is 20.2 Å². The van der Waals surface area contributed by atoms with Crippen LogP contribution in [-0.4, -0.2) is 25.3 Å². The lowest BCUT2D eigenvalue weighted by Crippen LogP contribution is -2.00. The van der Waals surface area contributed by atoms with Crippen LogP contribution in [0.2, 0.25) is 0 Å². The van der Waals surface area contributed by atoms with E-state index in [4.69, 9.17) is 9.84 Å². The zero-order chi connectivity index (χ0) is 6.24. The number of ether oxygens (including phenoxy) is 2. The Morgan fingerprint density at radius 1 is 1.38 bits per heavy atom. The fourth-order valence-corrected chi connectivity index (χ4v) is 0.299. The Morgan fingerprint density at radius 2 is 2.12 bits per heavy atom. The molecule has 0 aromatic rings. The van der Waals surface area contributed by atoms with Crippen LogP contribution in [0.3, 0.4) is 0 Å². The number of hydrogen-bond donors (Lipinski definition) is 1. The standard InChI is InChI=1S/C5H12O3/c1-2-3-7-5-8-4-6/h6H,2-5H2,1H3. The maximum absolute atomic E-state index is 8.06. The topological polar surface area (TPSA) is 38.7 Å². The van der Waals surface area contributed by atoms with Gasteiger partial charge in [0.2, 0.25) is 0 Å². The molecule has 0 aliphatic heterocycles. The molecule has 8 heavy (non-hydrogen) atoms. The molecule has 0 fully saturated rings. The van der Waals surface area contributed by atoms with Gasteiger partial charge in [0, 0.05) is 6.61 Å². The van der Waals surface area contributed by atoms with Crippen LogP contribution >= 0.6 is 0 Å². The summed E-state index contributed by atoms with van der Waals surface area (Å²) in [6, 6.07) is 0. The molecule has 0 bridgehead atoms. The van der Waals surface area contributed by atoms with E-state index in [0.29, 0.717) is 6.61 Å². The van der Waals surface area contributed by atoms with E-state index in [9.17, 15) is 0 Å². The van der Waals surface area contributed by atoms with E-state index in [1.165, 1.54) is 0 Å². The molecule has 0 saturated heterocycles. The van der Waals surface area contributed by atoms with Crippen molar-refractivity contribution in [1.82, 2.24) is 0 Å². The third kappa shape index (κ3) is 5.88. The number of rotatable bonds is 5. The van der Waals surface area contributed by atoms with E-state index in [1.54, 1.807) is 0 Å². The molecule has 0 saturated carbocycles. The van der Waals surface area contributed by atoms with Crippen molar-refractivity contribution in [2.24, 2.45) is 0 Å². The fraction of sp³-hybridized carbons (Fsp3) is 1.00. The van der Waals surface area contributed by atoms with Gasteiger partial charge < -0.3 is 14.6 Å². The summed E-state index contributed by atoms with van der Waals surface area (Å²) in [5, 5.41) is 8.06. The van der Waals surface area contributed by atoms with Crippen LogP contribution in [0.5, 0.6) is 0 Å². The first-order chi connectivity index (χ1) is 3.91. The molecule has 50 valence electrons. The predicted octanol–water partition coefficient (Wildman–Crippen LogP) is 0.337. The monoisotopic (exact) mass is 120 g/mol. The van der Waals surface area contributed by atoms with Gasteiger partial charge in [-0.2, -0.15) is 0 Å². The third-order valence-electron chi connectivity index (χ3n) is 0.606. The van der Waals surface area contributed by atoms with Crippen LogP contribution in [0.15, 0.2) is 0 Å². The highest BCUT2D eigenvalue weighted by Crippen LogP contribution is 1.79. The lowest BCUT2D eigenvalue weighted by Gasteiger charge is -1.99. The molecule has 1 N–H and O–H groups in total. The second-order valence-electron chi connectivity index (χ2n) is 1.36. The molecule has 0 unspecified atom stereocenters. The molecule has 0 spiro atoms. The summed E-state index contributed by atoms with van der Waals surface area (Å²) in [7, 11) is 0. The predicted molar refractivity (Wildman–Crippen MR) is 29.3 cm³/mol. The highest BCUT2D eigenvalue weighted by atomic mass is 16.7. The first-order valence-electron chi connectivity index (χ1n) is 2.68. The van der Waals surface area contributed by atoms with Gasteiger partial charge in [-0.05, 0) is 6.42 Å². The lowest BCUT2D eigenvalue weighted by molar-refractivity contribution is -0.107. The Hall–Kier alpha value is -0.120. The minimum atomic E-state index is -0.260. The van der Waals surface area contributed by atoms with Gasteiger partial charge in [-0.15, -0.1) is 0 Å². The minimum Gasteiger partial charge on any atom is -0.371 e. The molecular weight excluding hydrogens is 108 g/mol. The molecule has 0 aliphatic carbocycles. The van der Waals surface area contributed by atoms with Gasteiger partial charge in [-0.25, -0.2) is 0 Å². The Morgan fingerprint density at radius 3 is 2.62 bits per heavy atom. The zero-order valence-corrected chi connectivity index (χ0v) is 5.09. The van der Waals surface area contributed by atoms with E-state index >= 15 is 0 Å². The van der Waals surface area contributed by atoms with Crippen molar-refractivity contribution in [3.05, 3.63) is 0 Å². The zero-order valence-electron chi connectivity index (χ0n) is 5.09. The molecule has 0 aliphatic rings. The Labute approximate surface area is 49.2 Å². The Balaban J connectivity index is 2.53. The smallest absolute Gasteiger partial charge is 0.149 e. The van der Waals surface area contributed by atoms with Crippen LogP contribution in [-0.2, 0) is 9.47 Å². The summed E-state index contributed by atoms with van der Waals surface area (Å²) < 4.78 is 9.31. The third-order valence-corrected chi connectivity index (χ3v) is 0.606. The van der Waals surface area contributed by atoms with Crippen molar-refractivity contribution >= 4 is 0 Å². The maximum atomic E-state index is 8.06. The largest absolute Gasteiger partial charge is 0.371 e. The molecule has 0 radical (unpaired) electrons. The van der Waals surface area contributed by atoms with Gasteiger partial charge in [-0.1, -0.05) is 6.92 Å². The quantitative estimate of drug-likeness (QED) is 0.420. The highest BCUT2D eigenvalue weighted by molar-refractivity contribution is 4.18. The summed E-state index contributed by atoms with van der Waals surface area (Å²) in [5.41, 5.74) is 0. The molecule has 3 heteroatoms. The van der Waals surface area contributed by atoms with Crippen LogP contribution in [0.25, 0.3) is 0 Å². The molecule has 0 heterocycles. The van der Waals surface area contributed by atoms with Crippen LogP contribution in [0, 0.1) is 0 Å². The van der Waals surface area contributed by atoms with Gasteiger partial charge in [0.15, 0.2) is 0 Å². The average Bonchev–Trinajstić information content (AvgIpc) is 1.81. The van der Waals surface area contributed by atoms with E-state index in [-0.39, 0.29) is 13.6 Å². The summed E-state index contributed by atoms with van der Waals surface area (Å²) >= 11 is 0. The SMILES string of the molecule is CCCOCOCO. The van der Waals surface area contributed by atoms with Crippen LogP contribution in [0.1, 0.15) is 13.3 Å². The summed E-state index contributed by atoms with van der Waals surface area (Å²) in [6.45, 7) is 2.65. The first kappa shape index (κ1) is 7.88. The van der Waals surface area contributed by atoms with Crippen molar-refractivity contribution in [1.29, 1.82) is 0 Å². The second-order valence-corrected chi connectivity index (χ2v) is 1.36. The van der Waals surface area contributed by atoms with Crippen molar-refractivity contribution in [3.8, 4) is 0 Å². The molecule has 0 amide bonds. The van der Waals surface area contributed by atoms with Crippen LogP contribution in [0.4, 0.5) is 0 Å². The van der Waals surface area contributed by atoms with E-state index in [0.717, 1.165) is 6.42 Å². The fourth-order valence-electron chi connectivity index (χ4n) is 0.299. The number of aliphatic hydroxyl groups is 1. The van der Waals surface area contributed by atoms with E-state index < -0.39 is 0 Å². The maximum Gasteiger partial charge on any atom is 0.149 e. The lowest BCUT2D eigenvalue weighted by atomic mass is 10.5. The van der Waals surface area contributed by atoms with Crippen molar-refractivity contribution in [2.45, 2.75) is 13.3 Å². The normalized spacial score (nSPS) is 9.75. The van der Waals surface area contributed by atoms with Gasteiger partial charge in [0.1, 0.15) is 13.6 Å². The average molecular weight is 120 g/mol. The summed E-state index contributed by atoms with van der Waals surface area (Å²) in [5.74, 6) is 0. The van der Waals surface area contributed by atoms with E-state index in [2.05, 4.69) is 4.74 Å². The van der Waals surface area contributed by atoms with Gasteiger partial charge >= 0.3 is 0 Å². The van der Waals surface area contributed by atoms with Gasteiger partial charge in [0.25, 0.3) is 0 Å². The second kappa shape index (κ2) is 6.88. The van der Waals surface area contributed by atoms with Crippen molar-refractivity contribution < 1.29 is 14.6 Å². The molecule has 0 aromatic carbocycles. The van der Waals surface area contributed by atoms with Crippen molar-refractivity contribution in [3.63, 3.8) is 0 Å². The Bertz CT molecular complexity index is 32.7. The van der Waals surface area contributed by atoms with Crippen LogP contribution < -0.4 is 0 Å². The summed E-state index contributed by atoms with van der Waals surface area (Å²) in [6.07, 6.45) is 0.981. The Kier molecular flexibility index (Phi) is 6.78. The summed E-state index contributed by atoms with van der Waals surface area (Å²) in [4.78, 5) is 0. The first-order valence-corrected chi connectivity index (χ1v) is 2.68. The van der Waals surface area contributed by atoms with E-state index in [1.807, 2.05) is 6.92 Å². The highest BCUT2D eigenvalue weighted by Gasteiger charge is 1.81. The van der Waals surface area contributed by atoms with Gasteiger partial charge in [0.05, 0.1) is 0 Å². The number of aliphatic hydroxyl groups excluding tert-OH is 1. The molecule has 3 nitrogen and oxygen atoms in total.